The van der Waals surface area contributed by atoms with Crippen LogP contribution in [-0.4, -0.2) is 28.7 Å². The molecule has 2 radical (unpaired) electrons. The third-order valence-electron chi connectivity index (χ3n) is 0.562. The molecule has 2 heteroatoms. The second kappa shape index (κ2) is 4.52. The van der Waals surface area contributed by atoms with Crippen molar-refractivity contribution in [2.24, 2.45) is 0 Å². The molecule has 0 aliphatic rings. The summed E-state index contributed by atoms with van der Waals surface area (Å²) in [7, 11) is 0. The van der Waals surface area contributed by atoms with E-state index in [0.29, 0.717) is 0 Å². The molecule has 0 aliphatic heterocycles. The molecule has 0 amide bonds. The summed E-state index contributed by atoms with van der Waals surface area (Å²) in [5.41, 5.74) is 0. The van der Waals surface area contributed by atoms with Gasteiger partial charge in [-0.25, -0.2) is 0 Å². The van der Waals surface area contributed by atoms with Crippen LogP contribution in [0.1, 0.15) is 0 Å². The van der Waals surface area contributed by atoms with Crippen molar-refractivity contribution in [2.75, 3.05) is 0 Å². The standard InChI is InChI=1S/C6H12Ge2/c1-7(2)5-6-8(3)4/h1-4H3. The van der Waals surface area contributed by atoms with Gasteiger partial charge in [-0.2, -0.15) is 0 Å². The molecule has 0 heterocycles. The Balaban J connectivity index is 3.50. The SMILES string of the molecule is [CH3][Ge]([CH3])[C]#[C][Ge]([CH3])[CH3]. The topological polar surface area (TPSA) is 0 Å². The number of hydrogen-bond acceptors (Lipinski definition) is 0. The molecule has 0 saturated carbocycles. The summed E-state index contributed by atoms with van der Waals surface area (Å²) in [5, 5.41) is 0. The summed E-state index contributed by atoms with van der Waals surface area (Å²) in [6, 6.07) is 0. The molecule has 44 valence electrons. The zero-order valence-corrected chi connectivity index (χ0v) is 10.2. The molecular weight excluding hydrogens is 217 g/mol. The molecule has 0 aromatic carbocycles. The van der Waals surface area contributed by atoms with Crippen molar-refractivity contribution in [1.82, 2.24) is 0 Å². The predicted molar refractivity (Wildman–Crippen MR) is 42.7 cm³/mol. The fraction of sp³-hybridized carbons (Fsp3) is 0.667. The monoisotopic (exact) mass is 232 g/mol. The average molecular weight is 229 g/mol. The van der Waals surface area contributed by atoms with Crippen LogP contribution in [0.4, 0.5) is 0 Å². The quantitative estimate of drug-likeness (QED) is 0.437. The summed E-state index contributed by atoms with van der Waals surface area (Å²) in [4.78, 5) is 0. The average Bonchev–Trinajstić information content (AvgIpc) is 1.61. The third-order valence-corrected chi connectivity index (χ3v) is 4.29. The van der Waals surface area contributed by atoms with Crippen LogP contribution in [0, 0.1) is 9.51 Å². The molecular formula is C6H12Ge2. The van der Waals surface area contributed by atoms with Crippen LogP contribution in [0.25, 0.3) is 0 Å². The third kappa shape index (κ3) is 6.65. The van der Waals surface area contributed by atoms with Crippen LogP contribution in [0.15, 0.2) is 0 Å². The van der Waals surface area contributed by atoms with Gasteiger partial charge in [0.2, 0.25) is 0 Å². The first-order valence-corrected chi connectivity index (χ1v) is 13.2. The Morgan fingerprint density at radius 3 is 1.12 bits per heavy atom. The molecule has 0 rings (SSSR count). The number of hydrogen-bond donors (Lipinski definition) is 0. The van der Waals surface area contributed by atoms with E-state index in [-0.39, 0.29) is 0 Å². The molecule has 0 aromatic heterocycles. The van der Waals surface area contributed by atoms with Crippen molar-refractivity contribution in [1.29, 1.82) is 0 Å². The first kappa shape index (κ1) is 8.65. The molecule has 8 heavy (non-hydrogen) atoms. The second-order valence-electron chi connectivity index (χ2n) is 2.25. The van der Waals surface area contributed by atoms with Crippen molar-refractivity contribution in [3.8, 4) is 9.51 Å². The molecule has 0 bridgehead atoms. The van der Waals surface area contributed by atoms with E-state index < -0.39 is 28.7 Å². The van der Waals surface area contributed by atoms with Crippen molar-refractivity contribution in [2.45, 2.75) is 23.0 Å². The fourth-order valence-corrected chi connectivity index (χ4v) is 6.75. The maximum absolute atomic E-state index is 3.34. The molecule has 0 aromatic rings. The Kier molecular flexibility index (Phi) is 4.88. The van der Waals surface area contributed by atoms with Crippen molar-refractivity contribution in [3.63, 3.8) is 0 Å². The van der Waals surface area contributed by atoms with Crippen LogP contribution in [0.5, 0.6) is 0 Å². The molecule has 0 fully saturated rings. The molecule has 0 aliphatic carbocycles. The minimum absolute atomic E-state index is 0.769. The maximum atomic E-state index is 3.34. The van der Waals surface area contributed by atoms with Gasteiger partial charge in [-0.3, -0.25) is 0 Å². The van der Waals surface area contributed by atoms with Gasteiger partial charge in [0.15, 0.2) is 0 Å². The zero-order valence-electron chi connectivity index (χ0n) is 6.00. The van der Waals surface area contributed by atoms with E-state index in [2.05, 4.69) is 32.5 Å². The molecule has 0 saturated heterocycles. The summed E-state index contributed by atoms with van der Waals surface area (Å²) in [6.45, 7) is 0. The Morgan fingerprint density at radius 1 is 0.750 bits per heavy atom. The summed E-state index contributed by atoms with van der Waals surface area (Å²) >= 11 is -1.54. The first-order chi connectivity index (χ1) is 3.63. The Hall–Kier alpha value is 0.646. The Morgan fingerprint density at radius 2 is 1.00 bits per heavy atom. The van der Waals surface area contributed by atoms with Gasteiger partial charge in [0.1, 0.15) is 0 Å². The van der Waals surface area contributed by atoms with Crippen LogP contribution < -0.4 is 0 Å². The molecule has 0 unspecified atom stereocenters. The van der Waals surface area contributed by atoms with Crippen LogP contribution in [0.3, 0.4) is 0 Å². The molecule has 0 nitrogen and oxygen atoms in total. The van der Waals surface area contributed by atoms with Crippen LogP contribution >= 0.6 is 0 Å². The molecule has 0 atom stereocenters. The van der Waals surface area contributed by atoms with Crippen molar-refractivity contribution < 1.29 is 0 Å². The van der Waals surface area contributed by atoms with E-state index in [0.717, 1.165) is 0 Å². The van der Waals surface area contributed by atoms with Gasteiger partial charge in [-0.05, 0) is 0 Å². The van der Waals surface area contributed by atoms with E-state index in [4.69, 9.17) is 0 Å². The van der Waals surface area contributed by atoms with Gasteiger partial charge in [-0.1, -0.05) is 0 Å². The normalized spacial score (nSPS) is 9.25. The van der Waals surface area contributed by atoms with Gasteiger partial charge in [0, 0.05) is 0 Å². The van der Waals surface area contributed by atoms with Gasteiger partial charge in [0.05, 0.1) is 0 Å². The summed E-state index contributed by atoms with van der Waals surface area (Å²) in [6.07, 6.45) is 0. The van der Waals surface area contributed by atoms with Crippen LogP contribution in [0.2, 0.25) is 23.0 Å². The summed E-state index contributed by atoms with van der Waals surface area (Å²) < 4.78 is 6.67. The Labute approximate surface area is 61.3 Å². The van der Waals surface area contributed by atoms with E-state index in [1.807, 2.05) is 0 Å². The summed E-state index contributed by atoms with van der Waals surface area (Å²) in [5.74, 6) is 9.20. The van der Waals surface area contributed by atoms with E-state index in [9.17, 15) is 0 Å². The van der Waals surface area contributed by atoms with Crippen LogP contribution in [-0.2, 0) is 0 Å². The van der Waals surface area contributed by atoms with Gasteiger partial charge < -0.3 is 0 Å². The minimum atomic E-state index is -0.769. The first-order valence-electron chi connectivity index (χ1n) is 2.75. The fourth-order valence-electron chi connectivity index (χ4n) is 0.250. The second-order valence-corrected chi connectivity index (χ2v) is 11.7. The van der Waals surface area contributed by atoms with Crippen molar-refractivity contribution >= 4 is 28.7 Å². The zero-order chi connectivity index (χ0) is 6.57. The van der Waals surface area contributed by atoms with Gasteiger partial charge in [0.25, 0.3) is 0 Å². The van der Waals surface area contributed by atoms with E-state index in [1.54, 1.807) is 0 Å². The number of rotatable bonds is 0. The predicted octanol–water partition coefficient (Wildman–Crippen LogP) is 1.58. The van der Waals surface area contributed by atoms with E-state index in [1.165, 1.54) is 0 Å². The Bertz CT molecular complexity index is 93.4. The molecule has 0 spiro atoms. The van der Waals surface area contributed by atoms with Gasteiger partial charge >= 0.3 is 61.2 Å². The van der Waals surface area contributed by atoms with Crippen molar-refractivity contribution in [3.05, 3.63) is 0 Å². The molecule has 0 N–H and O–H groups in total. The van der Waals surface area contributed by atoms with E-state index >= 15 is 0 Å². The van der Waals surface area contributed by atoms with Gasteiger partial charge in [-0.15, -0.1) is 0 Å².